The van der Waals surface area contributed by atoms with Gasteiger partial charge in [0.1, 0.15) is 18.8 Å². The van der Waals surface area contributed by atoms with Crippen LogP contribution < -0.4 is 0 Å². The van der Waals surface area contributed by atoms with Crippen molar-refractivity contribution in [2.24, 2.45) is 5.92 Å². The molecule has 3 aromatic carbocycles. The van der Waals surface area contributed by atoms with Crippen LogP contribution in [0.2, 0.25) is 0 Å². The molecule has 1 aliphatic carbocycles. The van der Waals surface area contributed by atoms with E-state index in [9.17, 15) is 9.59 Å². The molecule has 1 amide bonds. The Labute approximate surface area is 186 Å². The van der Waals surface area contributed by atoms with E-state index in [4.69, 9.17) is 9.47 Å². The van der Waals surface area contributed by atoms with Crippen LogP contribution in [-0.4, -0.2) is 29.1 Å². The Bertz CT molecular complexity index is 1150. The van der Waals surface area contributed by atoms with Gasteiger partial charge in [-0.25, -0.2) is 9.59 Å². The van der Waals surface area contributed by atoms with E-state index in [0.29, 0.717) is 0 Å². The van der Waals surface area contributed by atoms with E-state index in [2.05, 4.69) is 12.1 Å². The lowest BCUT2D eigenvalue weighted by Gasteiger charge is -2.56. The summed E-state index contributed by atoms with van der Waals surface area (Å²) in [5.74, 6) is -0.337. The van der Waals surface area contributed by atoms with Crippen molar-refractivity contribution < 1.29 is 19.1 Å². The van der Waals surface area contributed by atoms with Crippen LogP contribution in [0.15, 0.2) is 91.0 Å². The van der Waals surface area contributed by atoms with Crippen molar-refractivity contribution in [1.82, 2.24) is 4.90 Å². The minimum atomic E-state index is -0.701. The number of benzene rings is 3. The van der Waals surface area contributed by atoms with Crippen LogP contribution in [0.3, 0.4) is 0 Å². The number of esters is 1. The van der Waals surface area contributed by atoms with Gasteiger partial charge in [-0.3, -0.25) is 4.90 Å². The number of amides is 1. The summed E-state index contributed by atoms with van der Waals surface area (Å²) >= 11 is 0. The summed E-state index contributed by atoms with van der Waals surface area (Å²) in [6.45, 7) is 0.159. The summed E-state index contributed by atoms with van der Waals surface area (Å²) in [6.07, 6.45) is 0.0512. The highest BCUT2D eigenvalue weighted by molar-refractivity contribution is 5.88. The molecule has 4 aliphatic rings. The van der Waals surface area contributed by atoms with E-state index in [1.165, 1.54) is 0 Å². The molecule has 5 nitrogen and oxygen atoms in total. The number of rotatable bonds is 4. The average molecular weight is 425 g/mol. The minimum Gasteiger partial charge on any atom is -0.460 e. The first-order valence-electron chi connectivity index (χ1n) is 11.0. The molecule has 1 saturated carbocycles. The van der Waals surface area contributed by atoms with Crippen LogP contribution in [0.25, 0.3) is 0 Å². The summed E-state index contributed by atoms with van der Waals surface area (Å²) in [5, 5.41) is 0. The van der Waals surface area contributed by atoms with E-state index in [-0.39, 0.29) is 30.6 Å². The Hall–Kier alpha value is -3.60. The fourth-order valence-electron chi connectivity index (χ4n) is 6.03. The normalized spacial score (nSPS) is 29.8. The summed E-state index contributed by atoms with van der Waals surface area (Å²) in [7, 11) is 0. The lowest BCUT2D eigenvalue weighted by Crippen LogP contribution is -2.67. The van der Waals surface area contributed by atoms with Crippen molar-refractivity contribution >= 4 is 12.1 Å². The Kier molecular flexibility index (Phi) is 4.32. The molecule has 4 fully saturated rings. The molecule has 7 rings (SSSR count). The third-order valence-electron chi connectivity index (χ3n) is 7.30. The smallest absolute Gasteiger partial charge is 0.411 e. The lowest BCUT2D eigenvalue weighted by molar-refractivity contribution is -0.189. The van der Waals surface area contributed by atoms with Gasteiger partial charge in [0.25, 0.3) is 0 Å². The van der Waals surface area contributed by atoms with Gasteiger partial charge in [0.15, 0.2) is 0 Å². The number of fused-ring (bicyclic) bond motifs is 1. The minimum absolute atomic E-state index is 0.000671. The third kappa shape index (κ3) is 2.63. The van der Waals surface area contributed by atoms with Gasteiger partial charge in [0, 0.05) is 11.3 Å². The number of hydrogen-bond acceptors (Lipinski definition) is 4. The fraction of sp³-hybridized carbons (Fsp3) is 0.259. The molecule has 5 atom stereocenters. The molecule has 0 N–H and O–H groups in total. The van der Waals surface area contributed by atoms with E-state index >= 15 is 0 Å². The van der Waals surface area contributed by atoms with Crippen molar-refractivity contribution in [1.29, 1.82) is 0 Å². The van der Waals surface area contributed by atoms with Gasteiger partial charge < -0.3 is 9.47 Å². The van der Waals surface area contributed by atoms with E-state index in [0.717, 1.165) is 23.1 Å². The second-order valence-electron chi connectivity index (χ2n) is 8.82. The average Bonchev–Trinajstić information content (AvgIpc) is 3.02. The molecular weight excluding hydrogens is 402 g/mol. The molecule has 32 heavy (non-hydrogen) atoms. The van der Waals surface area contributed by atoms with Crippen LogP contribution in [0.1, 0.15) is 29.2 Å². The number of carbonyl (C=O) groups is 2. The third-order valence-corrected chi connectivity index (χ3v) is 7.30. The Balaban J connectivity index is 1.43. The maximum Gasteiger partial charge on any atom is 0.411 e. The van der Waals surface area contributed by atoms with Crippen LogP contribution in [0.5, 0.6) is 0 Å². The Morgan fingerprint density at radius 1 is 0.938 bits per heavy atom. The highest BCUT2D eigenvalue weighted by Gasteiger charge is 2.77. The molecule has 3 aliphatic heterocycles. The van der Waals surface area contributed by atoms with Crippen molar-refractivity contribution in [3.63, 3.8) is 0 Å². The van der Waals surface area contributed by atoms with Gasteiger partial charge in [-0.05, 0) is 23.1 Å². The zero-order valence-corrected chi connectivity index (χ0v) is 17.5. The van der Waals surface area contributed by atoms with Crippen LogP contribution >= 0.6 is 0 Å². The standard InChI is InChI=1S/C27H23NO4/c29-25-24-27(20-14-8-3-9-15-20)16-21(32-25)22(27)23(19-12-6-2-7-13-19)28(24)26(30)31-17-18-10-4-1-5-11-18/h1-15,21-24H,16-17H2/t21-,22?,23-,24-,27?/m0/s1. The van der Waals surface area contributed by atoms with Gasteiger partial charge in [-0.2, -0.15) is 0 Å². The van der Waals surface area contributed by atoms with Gasteiger partial charge >= 0.3 is 12.1 Å². The topological polar surface area (TPSA) is 55.8 Å². The number of hydrogen-bond donors (Lipinski definition) is 0. The highest BCUT2D eigenvalue weighted by atomic mass is 16.6. The molecule has 3 aromatic rings. The second-order valence-corrected chi connectivity index (χ2v) is 8.82. The highest BCUT2D eigenvalue weighted by Crippen LogP contribution is 2.68. The maximum atomic E-state index is 13.5. The molecule has 2 unspecified atom stereocenters. The van der Waals surface area contributed by atoms with Crippen LogP contribution in [0, 0.1) is 5.92 Å². The first-order chi connectivity index (χ1) is 15.7. The van der Waals surface area contributed by atoms with Gasteiger partial charge in [0.2, 0.25) is 0 Å². The van der Waals surface area contributed by atoms with Gasteiger partial charge in [-0.15, -0.1) is 0 Å². The van der Waals surface area contributed by atoms with Crippen molar-refractivity contribution in [3.8, 4) is 0 Å². The number of likely N-dealkylation sites (tertiary alicyclic amines) is 1. The molecule has 4 bridgehead atoms. The van der Waals surface area contributed by atoms with Crippen LogP contribution in [0.4, 0.5) is 4.79 Å². The number of ether oxygens (including phenoxy) is 2. The predicted molar refractivity (Wildman–Crippen MR) is 118 cm³/mol. The summed E-state index contributed by atoms with van der Waals surface area (Å²) in [4.78, 5) is 28.3. The first kappa shape index (κ1) is 19.1. The molecule has 5 heteroatoms. The summed E-state index contributed by atoms with van der Waals surface area (Å²) in [6, 6.07) is 28.6. The lowest BCUT2D eigenvalue weighted by atomic mass is 9.50. The second kappa shape index (κ2) is 7.23. The molecule has 3 heterocycles. The largest absolute Gasteiger partial charge is 0.460 e. The van der Waals surface area contributed by atoms with Crippen molar-refractivity contribution in [2.45, 2.75) is 36.6 Å². The Morgan fingerprint density at radius 2 is 1.56 bits per heavy atom. The molecule has 3 saturated heterocycles. The molecular formula is C27H23NO4. The van der Waals surface area contributed by atoms with Crippen molar-refractivity contribution in [2.75, 3.05) is 0 Å². The summed E-state index contributed by atoms with van der Waals surface area (Å²) in [5.41, 5.74) is 2.54. The number of nitrogens with zero attached hydrogens (tertiary/aromatic N) is 1. The van der Waals surface area contributed by atoms with Gasteiger partial charge in [-0.1, -0.05) is 91.0 Å². The molecule has 0 spiro atoms. The van der Waals surface area contributed by atoms with Crippen LogP contribution in [-0.2, 0) is 26.3 Å². The van der Waals surface area contributed by atoms with E-state index < -0.39 is 17.6 Å². The van der Waals surface area contributed by atoms with E-state index in [1.807, 2.05) is 78.9 Å². The fourth-order valence-corrected chi connectivity index (χ4v) is 6.03. The molecule has 0 aromatic heterocycles. The Morgan fingerprint density at radius 3 is 2.25 bits per heavy atom. The zero-order chi connectivity index (χ0) is 21.7. The first-order valence-corrected chi connectivity index (χ1v) is 11.0. The molecule has 160 valence electrons. The van der Waals surface area contributed by atoms with Crippen molar-refractivity contribution in [3.05, 3.63) is 108 Å². The summed E-state index contributed by atoms with van der Waals surface area (Å²) < 4.78 is 11.5. The monoisotopic (exact) mass is 425 g/mol. The maximum absolute atomic E-state index is 13.5. The van der Waals surface area contributed by atoms with Gasteiger partial charge in [0.05, 0.1) is 6.04 Å². The predicted octanol–water partition coefficient (Wildman–Crippen LogP) is 4.63. The molecule has 0 radical (unpaired) electrons. The zero-order valence-electron chi connectivity index (χ0n) is 17.5. The quantitative estimate of drug-likeness (QED) is 0.572. The van der Waals surface area contributed by atoms with E-state index in [1.54, 1.807) is 4.90 Å². The number of carbonyl (C=O) groups excluding carboxylic acids is 2. The SMILES string of the molecule is O=C1O[C@H]2CC3(c4ccccc4)C2[C@H](c2ccccc2)N(C(=O)OCc2ccccc2)[C@@H]13.